The van der Waals surface area contributed by atoms with Gasteiger partial charge in [-0.1, -0.05) is 6.58 Å². The summed E-state index contributed by atoms with van der Waals surface area (Å²) in [7, 11) is 1.72. The van der Waals surface area contributed by atoms with Gasteiger partial charge in [0, 0.05) is 6.54 Å². The van der Waals surface area contributed by atoms with E-state index in [1.165, 1.54) is 0 Å². The van der Waals surface area contributed by atoms with Crippen LogP contribution in [-0.2, 0) is 18.3 Å². The van der Waals surface area contributed by atoms with Gasteiger partial charge in [0.2, 0.25) is 0 Å². The second kappa shape index (κ2) is 8.29. The number of hydrogen-bond donors (Lipinski definition) is 2. The summed E-state index contributed by atoms with van der Waals surface area (Å²) in [6.07, 6.45) is 0.262. The highest BCUT2D eigenvalue weighted by atomic mass is 31.2. The van der Waals surface area contributed by atoms with E-state index in [1.807, 2.05) is 21.1 Å². The first-order chi connectivity index (χ1) is 8.66. The molecule has 0 heterocycles. The van der Waals surface area contributed by atoms with Gasteiger partial charge in [-0.3, -0.25) is 9.05 Å². The molecule has 9 heteroatoms. The first kappa shape index (κ1) is 18.1. The average Bonchev–Trinajstić information content (AvgIpc) is 2.22. The monoisotopic (exact) mass is 297 g/mol. The lowest BCUT2D eigenvalue weighted by atomic mass is 10.5. The van der Waals surface area contributed by atoms with E-state index in [2.05, 4.69) is 21.2 Å². The van der Waals surface area contributed by atoms with Gasteiger partial charge in [0.25, 0.3) is 0 Å². The molecule has 0 radical (unpaired) electrons. The molecule has 1 atom stereocenters. The van der Waals surface area contributed by atoms with Gasteiger partial charge in [-0.25, -0.2) is 9.36 Å². The van der Waals surface area contributed by atoms with Gasteiger partial charge in [0.15, 0.2) is 0 Å². The molecule has 0 bridgehead atoms. The van der Waals surface area contributed by atoms with Gasteiger partial charge in [-0.2, -0.15) is 0 Å². The van der Waals surface area contributed by atoms with E-state index in [0.29, 0.717) is 11.0 Å². The number of rotatable bonds is 9. The molecule has 1 unspecified atom stereocenters. The van der Waals surface area contributed by atoms with E-state index in [4.69, 9.17) is 4.52 Å². The van der Waals surface area contributed by atoms with Crippen LogP contribution in [-0.4, -0.2) is 62.9 Å². The highest BCUT2D eigenvalue weighted by Gasteiger charge is 2.22. The van der Waals surface area contributed by atoms with Crippen LogP contribution < -0.4 is 5.32 Å². The summed E-state index contributed by atoms with van der Waals surface area (Å²) >= 11 is 0. The van der Waals surface area contributed by atoms with Crippen molar-refractivity contribution in [1.82, 2.24) is 5.32 Å². The van der Waals surface area contributed by atoms with Gasteiger partial charge in [0.05, 0.1) is 34.0 Å². The predicted octanol–water partition coefficient (Wildman–Crippen LogP) is 0.696. The van der Waals surface area contributed by atoms with Crippen LogP contribution in [0.2, 0.25) is 0 Å². The Hall–Kier alpha value is -0.920. The summed E-state index contributed by atoms with van der Waals surface area (Å²) in [6, 6.07) is 0. The number of alkyl carbamates (subject to hydrolysis) is 1. The van der Waals surface area contributed by atoms with Crippen LogP contribution in [0, 0.1) is 0 Å². The third-order valence-corrected chi connectivity index (χ3v) is 2.85. The summed E-state index contributed by atoms with van der Waals surface area (Å²) in [6.45, 7) is 3.73. The van der Waals surface area contributed by atoms with Gasteiger partial charge >= 0.3 is 13.9 Å². The zero-order valence-corrected chi connectivity index (χ0v) is 12.4. The molecule has 0 aliphatic heterocycles. The Balaban J connectivity index is 3.76. The molecule has 0 aliphatic rings. The van der Waals surface area contributed by atoms with Gasteiger partial charge in [-0.05, 0) is 0 Å². The summed E-state index contributed by atoms with van der Waals surface area (Å²) in [5.74, 6) is 0. The maximum atomic E-state index is 11.4. The minimum atomic E-state index is -4.08. The van der Waals surface area contributed by atoms with Gasteiger partial charge < -0.3 is 19.4 Å². The van der Waals surface area contributed by atoms with Crippen LogP contribution >= 0.6 is 7.82 Å². The largest absolute Gasteiger partial charge is 0.472 e. The second-order valence-corrected chi connectivity index (χ2v) is 6.10. The molecule has 0 aromatic carbocycles. The van der Waals surface area contributed by atoms with Crippen molar-refractivity contribution in [2.24, 2.45) is 0 Å². The number of carbonyl (C=O) groups is 1. The number of nitrogens with zero attached hydrogens (tertiary/aromatic N) is 1. The van der Waals surface area contributed by atoms with Crippen LogP contribution in [0.25, 0.3) is 0 Å². The molecule has 0 fully saturated rings. The Bertz CT molecular complexity index is 341. The number of quaternary nitrogens is 1. The van der Waals surface area contributed by atoms with Crippen molar-refractivity contribution in [2.75, 3.05) is 47.4 Å². The molecular weight excluding hydrogens is 275 g/mol. The summed E-state index contributed by atoms with van der Waals surface area (Å²) in [4.78, 5) is 20.1. The molecule has 112 valence electrons. The number of hydrogen-bond acceptors (Lipinski definition) is 5. The highest BCUT2D eigenvalue weighted by Crippen LogP contribution is 2.42. The molecular formula is C10H22N2O6P+. The number of amides is 1. The molecule has 2 N–H and O–H groups in total. The Labute approximate surface area is 113 Å². The summed E-state index contributed by atoms with van der Waals surface area (Å²) < 4.78 is 25.8. The number of carbonyl (C=O) groups excluding carboxylic acids is 1. The fourth-order valence-corrected chi connectivity index (χ4v) is 1.61. The van der Waals surface area contributed by atoms with Crippen molar-refractivity contribution in [2.45, 2.75) is 0 Å². The SMILES string of the molecule is C=COC(=O)NCCOP(=O)(O)OCC[N+](C)(C)C. The first-order valence-electron chi connectivity index (χ1n) is 5.64. The smallest absolute Gasteiger partial charge is 0.419 e. The number of nitrogens with one attached hydrogen (secondary N) is 1. The Morgan fingerprint density at radius 3 is 2.47 bits per heavy atom. The molecule has 0 aromatic rings. The molecule has 0 saturated heterocycles. The normalized spacial score (nSPS) is 14.5. The number of likely N-dealkylation sites (N-methyl/N-ethyl adjacent to an activating group) is 1. The van der Waals surface area contributed by atoms with Gasteiger partial charge in [-0.15, -0.1) is 0 Å². The lowest BCUT2D eigenvalue weighted by Gasteiger charge is -2.24. The van der Waals surface area contributed by atoms with Crippen molar-refractivity contribution in [1.29, 1.82) is 0 Å². The van der Waals surface area contributed by atoms with Crippen LogP contribution in [0.3, 0.4) is 0 Å². The van der Waals surface area contributed by atoms with Crippen molar-refractivity contribution in [3.05, 3.63) is 12.8 Å². The lowest BCUT2D eigenvalue weighted by Crippen LogP contribution is -2.37. The fourth-order valence-electron chi connectivity index (χ4n) is 0.899. The first-order valence-corrected chi connectivity index (χ1v) is 7.13. The van der Waals surface area contributed by atoms with E-state index in [9.17, 15) is 14.3 Å². The third-order valence-electron chi connectivity index (χ3n) is 1.83. The van der Waals surface area contributed by atoms with Crippen molar-refractivity contribution in [3.63, 3.8) is 0 Å². The standard InChI is InChI=1S/C10H21N2O6P/c1-5-16-10(13)11-6-8-17-19(14,15)18-9-7-12(2,3)4/h5H,1,6-9H2,2-4H3,(H-,11,13,14,15)/p+1. The van der Waals surface area contributed by atoms with E-state index in [1.54, 1.807) is 0 Å². The van der Waals surface area contributed by atoms with Crippen molar-refractivity contribution >= 4 is 13.9 Å². The molecule has 0 saturated carbocycles. The second-order valence-electron chi connectivity index (χ2n) is 4.65. The zero-order chi connectivity index (χ0) is 14.9. The Kier molecular flexibility index (Phi) is 7.89. The molecule has 0 aliphatic carbocycles. The maximum Gasteiger partial charge on any atom is 0.472 e. The number of phosphoric ester groups is 1. The van der Waals surface area contributed by atoms with E-state index in [0.717, 1.165) is 6.26 Å². The van der Waals surface area contributed by atoms with Crippen molar-refractivity contribution in [3.8, 4) is 0 Å². The topological polar surface area (TPSA) is 94.1 Å². The van der Waals surface area contributed by atoms with E-state index >= 15 is 0 Å². The molecule has 1 amide bonds. The van der Waals surface area contributed by atoms with Crippen LogP contribution in [0.5, 0.6) is 0 Å². The molecule has 0 spiro atoms. The minimum Gasteiger partial charge on any atom is -0.419 e. The van der Waals surface area contributed by atoms with Crippen LogP contribution in [0.4, 0.5) is 4.79 Å². The quantitative estimate of drug-likeness (QED) is 0.281. The predicted molar refractivity (Wildman–Crippen MR) is 69.3 cm³/mol. The average molecular weight is 297 g/mol. The van der Waals surface area contributed by atoms with Crippen LogP contribution in [0.1, 0.15) is 0 Å². The third kappa shape index (κ3) is 11.9. The molecule has 0 aromatic heterocycles. The number of phosphoric acid groups is 1. The minimum absolute atomic E-state index is 0.0237. The highest BCUT2D eigenvalue weighted by molar-refractivity contribution is 7.47. The Morgan fingerprint density at radius 2 is 1.95 bits per heavy atom. The molecule has 19 heavy (non-hydrogen) atoms. The van der Waals surface area contributed by atoms with Crippen LogP contribution in [0.15, 0.2) is 12.8 Å². The summed E-state index contributed by atoms with van der Waals surface area (Å²) in [5.41, 5.74) is 0. The lowest BCUT2D eigenvalue weighted by molar-refractivity contribution is -0.870. The van der Waals surface area contributed by atoms with Gasteiger partial charge in [0.1, 0.15) is 13.2 Å². The fraction of sp³-hybridized carbons (Fsp3) is 0.700. The van der Waals surface area contributed by atoms with E-state index in [-0.39, 0.29) is 19.8 Å². The molecule has 0 rings (SSSR count). The van der Waals surface area contributed by atoms with Crippen molar-refractivity contribution < 1.29 is 32.5 Å². The Morgan fingerprint density at radius 1 is 1.37 bits per heavy atom. The number of ether oxygens (including phenoxy) is 1. The maximum absolute atomic E-state index is 11.4. The summed E-state index contributed by atoms with van der Waals surface area (Å²) in [5, 5.41) is 2.29. The van der Waals surface area contributed by atoms with E-state index < -0.39 is 13.9 Å². The zero-order valence-electron chi connectivity index (χ0n) is 11.5. The molecule has 8 nitrogen and oxygen atoms in total.